The van der Waals surface area contributed by atoms with Crippen LogP contribution in [0.2, 0.25) is 0 Å². The normalized spacial score (nSPS) is 18.6. The third-order valence-electron chi connectivity index (χ3n) is 3.67. The minimum atomic E-state index is -1.14. The van der Waals surface area contributed by atoms with Gasteiger partial charge in [0, 0.05) is 0 Å². The van der Waals surface area contributed by atoms with Crippen LogP contribution in [-0.2, 0) is 22.7 Å². The highest BCUT2D eigenvalue weighted by Gasteiger charge is 2.30. The Bertz CT molecular complexity index is 557. The highest BCUT2D eigenvalue weighted by molar-refractivity contribution is 5.26. The molecule has 0 amide bonds. The molecule has 0 unspecified atom stereocenters. The molecule has 1 heterocycles. The number of aliphatic hydroxyl groups is 2. The summed E-state index contributed by atoms with van der Waals surface area (Å²) in [6.45, 7) is 0.721. The van der Waals surface area contributed by atoms with Gasteiger partial charge in [0.2, 0.25) is 0 Å². The zero-order valence-electron chi connectivity index (χ0n) is 11.6. The van der Waals surface area contributed by atoms with Crippen molar-refractivity contribution in [2.24, 2.45) is 0 Å². The molecule has 2 aromatic carbocycles. The van der Waals surface area contributed by atoms with Gasteiger partial charge in [-0.3, -0.25) is 0 Å². The van der Waals surface area contributed by atoms with E-state index >= 15 is 0 Å². The van der Waals surface area contributed by atoms with Crippen molar-refractivity contribution in [2.75, 3.05) is 0 Å². The number of benzene rings is 2. The Labute approximate surface area is 123 Å². The molecule has 0 saturated heterocycles. The topological polar surface area (TPSA) is 58.9 Å². The molecule has 0 fully saturated rings. The maximum Gasteiger partial charge on any atom is 0.187 e. The first kappa shape index (κ1) is 14.2. The summed E-state index contributed by atoms with van der Waals surface area (Å²) in [5.41, 5.74) is 2.72. The highest BCUT2D eigenvalue weighted by Crippen LogP contribution is 2.25. The lowest BCUT2D eigenvalue weighted by Gasteiger charge is -2.25. The highest BCUT2D eigenvalue weighted by atomic mass is 16.7. The van der Waals surface area contributed by atoms with Crippen LogP contribution in [0.25, 0.3) is 0 Å². The summed E-state index contributed by atoms with van der Waals surface area (Å²) in [5.74, 6) is 0. The third-order valence-corrected chi connectivity index (χ3v) is 3.67. The second-order valence-corrected chi connectivity index (χ2v) is 5.11. The third kappa shape index (κ3) is 3.14. The predicted octanol–water partition coefficient (Wildman–Crippen LogP) is 2.15. The number of aliphatic hydroxyl groups excluding tert-OH is 2. The van der Waals surface area contributed by atoms with Gasteiger partial charge < -0.3 is 19.7 Å². The minimum absolute atomic E-state index is 0.361. The molecule has 0 aromatic heterocycles. The zero-order chi connectivity index (χ0) is 14.7. The van der Waals surface area contributed by atoms with Gasteiger partial charge in [-0.15, -0.1) is 0 Å². The molecule has 3 rings (SSSR count). The van der Waals surface area contributed by atoms with Crippen molar-refractivity contribution in [1.29, 1.82) is 0 Å². The number of hydrogen-bond acceptors (Lipinski definition) is 4. The maximum atomic E-state index is 10.3. The molecule has 0 aliphatic carbocycles. The maximum absolute atomic E-state index is 10.3. The van der Waals surface area contributed by atoms with Gasteiger partial charge in [-0.25, -0.2) is 0 Å². The first-order valence-corrected chi connectivity index (χ1v) is 6.97. The fourth-order valence-electron chi connectivity index (χ4n) is 2.42. The van der Waals surface area contributed by atoms with Crippen LogP contribution >= 0.6 is 0 Å². The molecule has 0 radical (unpaired) electrons. The molecule has 1 aliphatic heterocycles. The smallest absolute Gasteiger partial charge is 0.187 e. The second kappa shape index (κ2) is 6.37. The molecule has 4 heteroatoms. The van der Waals surface area contributed by atoms with Crippen molar-refractivity contribution in [3.8, 4) is 0 Å². The van der Waals surface area contributed by atoms with E-state index in [0.29, 0.717) is 18.8 Å². The number of ether oxygens (including phenoxy) is 2. The zero-order valence-corrected chi connectivity index (χ0v) is 11.6. The van der Waals surface area contributed by atoms with Gasteiger partial charge in [0.05, 0.1) is 13.2 Å². The lowest BCUT2D eigenvalue weighted by molar-refractivity contribution is -0.221. The molecule has 2 atom stereocenters. The Balaban J connectivity index is 1.71. The summed E-state index contributed by atoms with van der Waals surface area (Å²) in [6, 6.07) is 16.8. The van der Waals surface area contributed by atoms with Crippen LogP contribution in [-0.4, -0.2) is 22.6 Å². The Hall–Kier alpha value is -1.72. The predicted molar refractivity (Wildman–Crippen MR) is 77.2 cm³/mol. The van der Waals surface area contributed by atoms with E-state index in [0.717, 1.165) is 11.1 Å². The second-order valence-electron chi connectivity index (χ2n) is 5.11. The van der Waals surface area contributed by atoms with Crippen molar-refractivity contribution >= 4 is 0 Å². The molecule has 0 saturated carbocycles. The van der Waals surface area contributed by atoms with Crippen molar-refractivity contribution in [1.82, 2.24) is 0 Å². The lowest BCUT2D eigenvalue weighted by Crippen LogP contribution is -2.35. The van der Waals surface area contributed by atoms with Gasteiger partial charge in [0.15, 0.2) is 6.29 Å². The fourth-order valence-corrected chi connectivity index (χ4v) is 2.42. The summed E-state index contributed by atoms with van der Waals surface area (Å²) in [6.07, 6.45) is -3.04. The molecule has 0 spiro atoms. The average molecular weight is 286 g/mol. The SMILES string of the molecule is O[C@H](c1ccccc1)[C@H](O)C1OCc2ccccc2CO1. The van der Waals surface area contributed by atoms with Crippen molar-refractivity contribution < 1.29 is 19.7 Å². The summed E-state index contributed by atoms with van der Waals surface area (Å²) < 4.78 is 11.2. The van der Waals surface area contributed by atoms with Gasteiger partial charge >= 0.3 is 0 Å². The van der Waals surface area contributed by atoms with Gasteiger partial charge in [0.1, 0.15) is 12.2 Å². The van der Waals surface area contributed by atoms with Gasteiger partial charge in [-0.1, -0.05) is 54.6 Å². The quantitative estimate of drug-likeness (QED) is 0.907. The Morgan fingerprint density at radius 2 is 1.33 bits per heavy atom. The van der Waals surface area contributed by atoms with Crippen molar-refractivity contribution in [3.05, 3.63) is 71.3 Å². The van der Waals surface area contributed by atoms with E-state index in [1.165, 1.54) is 0 Å². The van der Waals surface area contributed by atoms with Gasteiger partial charge in [0.25, 0.3) is 0 Å². The monoisotopic (exact) mass is 286 g/mol. The van der Waals surface area contributed by atoms with Crippen LogP contribution in [0.5, 0.6) is 0 Å². The first-order chi connectivity index (χ1) is 10.3. The van der Waals surface area contributed by atoms with Crippen LogP contribution in [0.15, 0.2) is 54.6 Å². The Morgan fingerprint density at radius 1 is 0.810 bits per heavy atom. The summed E-state index contributed by atoms with van der Waals surface area (Å²) in [7, 11) is 0. The molecule has 21 heavy (non-hydrogen) atoms. The van der Waals surface area contributed by atoms with Crippen LogP contribution in [0.3, 0.4) is 0 Å². The molecule has 0 bridgehead atoms. The summed E-state index contributed by atoms with van der Waals surface area (Å²) in [5, 5.41) is 20.5. The fraction of sp³-hybridized carbons (Fsp3) is 0.294. The lowest BCUT2D eigenvalue weighted by atomic mass is 10.0. The van der Waals surface area contributed by atoms with E-state index < -0.39 is 18.5 Å². The summed E-state index contributed by atoms with van der Waals surface area (Å²) in [4.78, 5) is 0. The largest absolute Gasteiger partial charge is 0.385 e. The molecule has 2 N–H and O–H groups in total. The van der Waals surface area contributed by atoms with E-state index in [1.54, 1.807) is 12.1 Å². The molecule has 4 nitrogen and oxygen atoms in total. The van der Waals surface area contributed by atoms with Crippen LogP contribution in [0.4, 0.5) is 0 Å². The standard InChI is InChI=1S/C17H18O4/c18-15(12-6-2-1-3-7-12)16(19)17-20-10-13-8-4-5-9-14(13)11-21-17/h1-9,15-19H,10-11H2/t15-,16+/m1/s1. The molecular weight excluding hydrogens is 268 g/mol. The average Bonchev–Trinajstić information content (AvgIpc) is 2.77. The Kier molecular flexibility index (Phi) is 4.31. The number of hydrogen-bond donors (Lipinski definition) is 2. The van der Waals surface area contributed by atoms with E-state index in [-0.39, 0.29) is 0 Å². The molecule has 1 aliphatic rings. The Morgan fingerprint density at radius 3 is 1.90 bits per heavy atom. The summed E-state index contributed by atoms with van der Waals surface area (Å²) >= 11 is 0. The van der Waals surface area contributed by atoms with Gasteiger partial charge in [-0.2, -0.15) is 0 Å². The van der Waals surface area contributed by atoms with E-state index in [1.807, 2.05) is 42.5 Å². The van der Waals surface area contributed by atoms with Crippen LogP contribution < -0.4 is 0 Å². The molecular formula is C17H18O4. The number of fused-ring (bicyclic) bond motifs is 1. The molecule has 110 valence electrons. The van der Waals surface area contributed by atoms with Crippen LogP contribution in [0.1, 0.15) is 22.8 Å². The minimum Gasteiger partial charge on any atom is -0.385 e. The van der Waals surface area contributed by atoms with Crippen molar-refractivity contribution in [3.63, 3.8) is 0 Å². The molecule has 2 aromatic rings. The first-order valence-electron chi connectivity index (χ1n) is 6.97. The van der Waals surface area contributed by atoms with E-state index in [4.69, 9.17) is 9.47 Å². The van der Waals surface area contributed by atoms with Crippen molar-refractivity contribution in [2.45, 2.75) is 31.7 Å². The van der Waals surface area contributed by atoms with E-state index in [9.17, 15) is 10.2 Å². The van der Waals surface area contributed by atoms with Gasteiger partial charge in [-0.05, 0) is 16.7 Å². The van der Waals surface area contributed by atoms with Crippen LogP contribution in [0, 0.1) is 0 Å². The van der Waals surface area contributed by atoms with E-state index in [2.05, 4.69) is 0 Å². The number of rotatable bonds is 3.